The van der Waals surface area contributed by atoms with E-state index in [4.69, 9.17) is 4.74 Å². The highest BCUT2D eigenvalue weighted by molar-refractivity contribution is 5.80. The SMILES string of the molecule is CCC(OC1CCCC(C)C1)C(=O)NCc1n[nH]c(C)n1. The summed E-state index contributed by atoms with van der Waals surface area (Å²) in [6.45, 7) is 6.40. The van der Waals surface area contributed by atoms with Gasteiger partial charge < -0.3 is 10.1 Å². The van der Waals surface area contributed by atoms with Crippen molar-refractivity contribution < 1.29 is 9.53 Å². The molecule has 1 aliphatic carbocycles. The molecule has 0 aromatic carbocycles. The molecular weight excluding hydrogens is 268 g/mol. The zero-order valence-corrected chi connectivity index (χ0v) is 13.2. The molecule has 0 aliphatic heterocycles. The van der Waals surface area contributed by atoms with Crippen LogP contribution in [0.15, 0.2) is 0 Å². The minimum atomic E-state index is -0.375. The molecule has 1 heterocycles. The molecular formula is C15H26N4O2. The molecule has 118 valence electrons. The lowest BCUT2D eigenvalue weighted by atomic mass is 9.88. The van der Waals surface area contributed by atoms with E-state index in [1.54, 1.807) is 0 Å². The average molecular weight is 294 g/mol. The van der Waals surface area contributed by atoms with Crippen LogP contribution in [0.5, 0.6) is 0 Å². The number of nitrogens with one attached hydrogen (secondary N) is 2. The summed E-state index contributed by atoms with van der Waals surface area (Å²) in [5.74, 6) is 1.97. The molecule has 1 aromatic heterocycles. The minimum Gasteiger partial charge on any atom is -0.365 e. The maximum atomic E-state index is 12.2. The van der Waals surface area contributed by atoms with Crippen LogP contribution >= 0.6 is 0 Å². The van der Waals surface area contributed by atoms with Crippen LogP contribution in [0.1, 0.15) is 57.6 Å². The Morgan fingerprint density at radius 1 is 1.52 bits per heavy atom. The Morgan fingerprint density at radius 3 is 2.95 bits per heavy atom. The van der Waals surface area contributed by atoms with Crippen molar-refractivity contribution in [2.45, 2.75) is 71.6 Å². The summed E-state index contributed by atoms with van der Waals surface area (Å²) in [7, 11) is 0. The number of carbonyl (C=O) groups excluding carboxylic acids is 1. The summed E-state index contributed by atoms with van der Waals surface area (Å²) in [6.07, 6.45) is 5.12. The summed E-state index contributed by atoms with van der Waals surface area (Å²) >= 11 is 0. The van der Waals surface area contributed by atoms with Crippen LogP contribution in [0.3, 0.4) is 0 Å². The van der Waals surface area contributed by atoms with Gasteiger partial charge in [-0.15, -0.1) is 0 Å². The van der Waals surface area contributed by atoms with Crippen molar-refractivity contribution in [3.63, 3.8) is 0 Å². The Hall–Kier alpha value is -1.43. The van der Waals surface area contributed by atoms with Crippen molar-refractivity contribution in [3.8, 4) is 0 Å². The predicted octanol–water partition coefficient (Wildman–Crippen LogP) is 2.10. The Kier molecular flexibility index (Phi) is 5.73. The molecule has 2 N–H and O–H groups in total. The predicted molar refractivity (Wildman–Crippen MR) is 79.6 cm³/mol. The summed E-state index contributed by atoms with van der Waals surface area (Å²) in [4.78, 5) is 16.4. The number of ether oxygens (including phenoxy) is 1. The number of hydrogen-bond acceptors (Lipinski definition) is 4. The van der Waals surface area contributed by atoms with Crippen molar-refractivity contribution in [1.29, 1.82) is 0 Å². The van der Waals surface area contributed by atoms with E-state index in [-0.39, 0.29) is 18.1 Å². The van der Waals surface area contributed by atoms with E-state index < -0.39 is 0 Å². The third-order valence-electron chi connectivity index (χ3n) is 3.97. The molecule has 3 unspecified atom stereocenters. The molecule has 0 radical (unpaired) electrons. The van der Waals surface area contributed by atoms with Crippen LogP contribution in [0.25, 0.3) is 0 Å². The number of rotatable bonds is 6. The first-order chi connectivity index (χ1) is 10.1. The van der Waals surface area contributed by atoms with Gasteiger partial charge in [0.25, 0.3) is 0 Å². The van der Waals surface area contributed by atoms with Gasteiger partial charge in [0.05, 0.1) is 12.6 Å². The minimum absolute atomic E-state index is 0.0711. The van der Waals surface area contributed by atoms with E-state index in [0.29, 0.717) is 24.7 Å². The number of amides is 1. The molecule has 1 saturated carbocycles. The van der Waals surface area contributed by atoms with Gasteiger partial charge in [-0.2, -0.15) is 5.10 Å². The second-order valence-corrected chi connectivity index (χ2v) is 5.98. The highest BCUT2D eigenvalue weighted by Crippen LogP contribution is 2.26. The Balaban J connectivity index is 1.80. The fraction of sp³-hybridized carbons (Fsp3) is 0.800. The van der Waals surface area contributed by atoms with Gasteiger partial charge >= 0.3 is 0 Å². The number of aryl methyl sites for hydroxylation is 1. The van der Waals surface area contributed by atoms with E-state index in [1.165, 1.54) is 12.8 Å². The van der Waals surface area contributed by atoms with Crippen molar-refractivity contribution >= 4 is 5.91 Å². The third kappa shape index (κ3) is 4.81. The van der Waals surface area contributed by atoms with Crippen molar-refractivity contribution in [1.82, 2.24) is 20.5 Å². The van der Waals surface area contributed by atoms with Gasteiger partial charge in [-0.05, 0) is 32.1 Å². The fourth-order valence-corrected chi connectivity index (χ4v) is 2.83. The van der Waals surface area contributed by atoms with Crippen LogP contribution < -0.4 is 5.32 Å². The van der Waals surface area contributed by atoms with Crippen molar-refractivity contribution in [3.05, 3.63) is 11.6 Å². The van der Waals surface area contributed by atoms with E-state index in [0.717, 1.165) is 18.7 Å². The molecule has 2 rings (SSSR count). The highest BCUT2D eigenvalue weighted by atomic mass is 16.5. The molecule has 0 bridgehead atoms. The smallest absolute Gasteiger partial charge is 0.249 e. The Bertz CT molecular complexity index is 460. The van der Waals surface area contributed by atoms with Gasteiger partial charge in [-0.3, -0.25) is 9.89 Å². The fourth-order valence-electron chi connectivity index (χ4n) is 2.83. The Labute approximate surface area is 126 Å². The molecule has 0 saturated heterocycles. The molecule has 1 aliphatic rings. The maximum absolute atomic E-state index is 12.2. The topological polar surface area (TPSA) is 79.9 Å². The number of nitrogens with zero attached hydrogens (tertiary/aromatic N) is 2. The van der Waals surface area contributed by atoms with Gasteiger partial charge in [0.2, 0.25) is 5.91 Å². The lowest BCUT2D eigenvalue weighted by Gasteiger charge is -2.29. The van der Waals surface area contributed by atoms with Crippen LogP contribution in [-0.4, -0.2) is 33.3 Å². The lowest BCUT2D eigenvalue weighted by molar-refractivity contribution is -0.139. The normalized spacial score (nSPS) is 23.8. The molecule has 1 amide bonds. The largest absolute Gasteiger partial charge is 0.365 e. The second kappa shape index (κ2) is 7.54. The van der Waals surface area contributed by atoms with Crippen LogP contribution in [0, 0.1) is 12.8 Å². The number of hydrogen-bond donors (Lipinski definition) is 2. The number of aromatic nitrogens is 3. The summed E-state index contributed by atoms with van der Waals surface area (Å²) < 4.78 is 6.01. The summed E-state index contributed by atoms with van der Waals surface area (Å²) in [6, 6.07) is 0. The quantitative estimate of drug-likeness (QED) is 0.842. The van der Waals surface area contributed by atoms with Gasteiger partial charge in [-0.25, -0.2) is 4.98 Å². The first kappa shape index (κ1) is 15.9. The zero-order chi connectivity index (χ0) is 15.2. The second-order valence-electron chi connectivity index (χ2n) is 5.98. The molecule has 21 heavy (non-hydrogen) atoms. The van der Waals surface area contributed by atoms with E-state index >= 15 is 0 Å². The zero-order valence-electron chi connectivity index (χ0n) is 13.2. The number of H-pyrrole nitrogens is 1. The lowest BCUT2D eigenvalue weighted by Crippen LogP contribution is -2.39. The first-order valence-corrected chi connectivity index (χ1v) is 7.89. The van der Waals surface area contributed by atoms with E-state index in [9.17, 15) is 4.79 Å². The van der Waals surface area contributed by atoms with E-state index in [1.807, 2.05) is 13.8 Å². The van der Waals surface area contributed by atoms with Crippen molar-refractivity contribution in [2.75, 3.05) is 0 Å². The van der Waals surface area contributed by atoms with Gasteiger partial charge in [-0.1, -0.05) is 26.7 Å². The number of aromatic amines is 1. The monoisotopic (exact) mass is 294 g/mol. The Morgan fingerprint density at radius 2 is 2.33 bits per heavy atom. The number of carbonyl (C=O) groups is 1. The standard InChI is InChI=1S/C15H26N4O2/c1-4-13(21-12-7-5-6-10(2)8-12)15(20)16-9-14-17-11(3)18-19-14/h10,12-13H,4-9H2,1-3H3,(H,16,20)(H,17,18,19). The molecule has 1 aromatic rings. The summed E-state index contributed by atoms with van der Waals surface area (Å²) in [5.41, 5.74) is 0. The average Bonchev–Trinajstić information content (AvgIpc) is 2.88. The van der Waals surface area contributed by atoms with Crippen LogP contribution in [-0.2, 0) is 16.1 Å². The molecule has 1 fully saturated rings. The van der Waals surface area contributed by atoms with Gasteiger partial charge in [0.1, 0.15) is 11.9 Å². The summed E-state index contributed by atoms with van der Waals surface area (Å²) in [5, 5.41) is 9.62. The molecule has 6 heteroatoms. The van der Waals surface area contributed by atoms with E-state index in [2.05, 4.69) is 27.4 Å². The van der Waals surface area contributed by atoms with Crippen molar-refractivity contribution in [2.24, 2.45) is 5.92 Å². The molecule has 3 atom stereocenters. The van der Waals surface area contributed by atoms with Crippen LogP contribution in [0.4, 0.5) is 0 Å². The molecule has 6 nitrogen and oxygen atoms in total. The van der Waals surface area contributed by atoms with Gasteiger partial charge in [0.15, 0.2) is 5.82 Å². The maximum Gasteiger partial charge on any atom is 0.249 e. The molecule has 0 spiro atoms. The third-order valence-corrected chi connectivity index (χ3v) is 3.97. The van der Waals surface area contributed by atoms with Crippen LogP contribution in [0.2, 0.25) is 0 Å². The highest BCUT2D eigenvalue weighted by Gasteiger charge is 2.25. The van der Waals surface area contributed by atoms with Gasteiger partial charge in [0, 0.05) is 0 Å². The first-order valence-electron chi connectivity index (χ1n) is 7.89.